The number of pyridine rings is 1. The summed E-state index contributed by atoms with van der Waals surface area (Å²) in [7, 11) is 0. The molecule has 5 nitrogen and oxygen atoms in total. The van der Waals surface area contributed by atoms with Crippen molar-refractivity contribution in [2.24, 2.45) is 4.99 Å². The van der Waals surface area contributed by atoms with Crippen molar-refractivity contribution in [2.75, 3.05) is 6.54 Å². The first kappa shape index (κ1) is 16.2. The molecule has 0 unspecified atom stereocenters. The number of carbonyl (C=O) groups excluding carboxylic acids is 1. The molecule has 2 aromatic carbocycles. The van der Waals surface area contributed by atoms with Gasteiger partial charge in [-0.1, -0.05) is 18.2 Å². The van der Waals surface area contributed by atoms with Gasteiger partial charge in [0, 0.05) is 23.9 Å². The molecule has 0 saturated carbocycles. The smallest absolute Gasteiger partial charge is 0.270 e. The van der Waals surface area contributed by atoms with E-state index >= 15 is 0 Å². The fourth-order valence-electron chi connectivity index (χ4n) is 2.97. The van der Waals surface area contributed by atoms with E-state index in [0.717, 1.165) is 36.2 Å². The second kappa shape index (κ2) is 6.92. The van der Waals surface area contributed by atoms with Crippen LogP contribution >= 0.6 is 0 Å². The van der Waals surface area contributed by atoms with Gasteiger partial charge in [-0.25, -0.2) is 9.37 Å². The zero-order valence-corrected chi connectivity index (χ0v) is 14.0. The molecule has 0 atom stereocenters. The third kappa shape index (κ3) is 3.26. The van der Waals surface area contributed by atoms with Gasteiger partial charge < -0.3 is 0 Å². The van der Waals surface area contributed by atoms with Gasteiger partial charge in [-0.15, -0.1) is 0 Å². The van der Waals surface area contributed by atoms with Crippen molar-refractivity contribution in [2.45, 2.75) is 12.8 Å². The molecule has 0 fully saturated rings. The minimum Gasteiger partial charge on any atom is -0.285 e. The molecule has 2 N–H and O–H groups in total. The predicted molar refractivity (Wildman–Crippen MR) is 99.3 cm³/mol. The van der Waals surface area contributed by atoms with Gasteiger partial charge in [0.25, 0.3) is 5.91 Å². The van der Waals surface area contributed by atoms with Crippen molar-refractivity contribution < 1.29 is 9.18 Å². The summed E-state index contributed by atoms with van der Waals surface area (Å²) in [6, 6.07) is 15.2. The van der Waals surface area contributed by atoms with Crippen LogP contribution in [0.5, 0.6) is 0 Å². The maximum absolute atomic E-state index is 13.2. The normalized spacial score (nSPS) is 13.5. The van der Waals surface area contributed by atoms with Crippen molar-refractivity contribution in [3.8, 4) is 11.3 Å². The van der Waals surface area contributed by atoms with Crippen LogP contribution in [0.25, 0.3) is 22.2 Å². The van der Waals surface area contributed by atoms with E-state index in [1.807, 2.05) is 24.3 Å². The molecule has 4 rings (SSSR count). The Kier molecular flexibility index (Phi) is 4.31. The summed E-state index contributed by atoms with van der Waals surface area (Å²) >= 11 is 0. The van der Waals surface area contributed by atoms with Crippen molar-refractivity contribution in [3.05, 3.63) is 66.0 Å². The van der Waals surface area contributed by atoms with E-state index in [4.69, 9.17) is 0 Å². The molecule has 1 amide bonds. The number of para-hydroxylation sites is 1. The second-order valence-corrected chi connectivity index (χ2v) is 6.09. The summed E-state index contributed by atoms with van der Waals surface area (Å²) in [5.41, 5.74) is 8.18. The Balaban J connectivity index is 1.71. The number of fused-ring (bicyclic) bond motifs is 1. The largest absolute Gasteiger partial charge is 0.285 e. The number of hydrogen-bond donors (Lipinski definition) is 2. The third-order valence-corrected chi connectivity index (χ3v) is 4.30. The number of nitrogens with zero attached hydrogens (tertiary/aromatic N) is 2. The number of hydrazine groups is 1. The molecule has 0 spiro atoms. The fraction of sp³-hybridized carbons (Fsp3) is 0.150. The number of carbonyl (C=O) groups is 1. The molecule has 0 saturated heterocycles. The molecular formula is C20H17FN4O. The van der Waals surface area contributed by atoms with Crippen molar-refractivity contribution in [3.63, 3.8) is 0 Å². The minimum atomic E-state index is -0.311. The zero-order valence-electron chi connectivity index (χ0n) is 14.0. The van der Waals surface area contributed by atoms with E-state index in [1.54, 1.807) is 18.2 Å². The summed E-state index contributed by atoms with van der Waals surface area (Å²) in [5, 5.41) is 0.756. The Morgan fingerprint density at radius 2 is 1.88 bits per heavy atom. The topological polar surface area (TPSA) is 66.4 Å². The molecule has 1 aromatic heterocycles. The number of benzene rings is 2. The van der Waals surface area contributed by atoms with Crippen LogP contribution in [0.1, 0.15) is 23.2 Å². The average Bonchev–Trinajstić information content (AvgIpc) is 3.19. The monoisotopic (exact) mass is 348 g/mol. The van der Waals surface area contributed by atoms with Crippen LogP contribution in [0, 0.1) is 5.82 Å². The molecule has 1 aliphatic heterocycles. The van der Waals surface area contributed by atoms with Gasteiger partial charge >= 0.3 is 0 Å². The first-order valence-corrected chi connectivity index (χ1v) is 8.46. The standard InChI is InChI=1S/C20H17FN4O/c21-14-9-7-13(8-10-14)18-12-16(15-4-1-2-5-17(15)23-18)20(26)25-24-19-6-3-11-22-19/h1-2,4-5,7-10,12H,3,6,11H2,(H,22,24)(H,25,26). The maximum atomic E-state index is 13.2. The van der Waals surface area contributed by atoms with Crippen LogP contribution in [-0.2, 0) is 0 Å². The SMILES string of the molecule is O=C(NNC1=NCCC1)c1cc(-c2ccc(F)cc2)nc2ccccc12. The molecule has 0 aliphatic carbocycles. The Labute approximate surface area is 150 Å². The van der Waals surface area contributed by atoms with Crippen LogP contribution in [0.3, 0.4) is 0 Å². The van der Waals surface area contributed by atoms with Gasteiger partial charge in [0.05, 0.1) is 16.8 Å². The second-order valence-electron chi connectivity index (χ2n) is 6.09. The van der Waals surface area contributed by atoms with Gasteiger partial charge in [-0.3, -0.25) is 20.6 Å². The van der Waals surface area contributed by atoms with E-state index < -0.39 is 0 Å². The summed E-state index contributed by atoms with van der Waals surface area (Å²) in [6.45, 7) is 0.783. The number of amides is 1. The van der Waals surface area contributed by atoms with Crippen LogP contribution in [0.4, 0.5) is 4.39 Å². The Hall–Kier alpha value is -3.28. The lowest BCUT2D eigenvalue weighted by molar-refractivity contribution is 0.0945. The van der Waals surface area contributed by atoms with E-state index in [9.17, 15) is 9.18 Å². The summed E-state index contributed by atoms with van der Waals surface area (Å²) in [6.07, 6.45) is 1.82. The van der Waals surface area contributed by atoms with Crippen LogP contribution in [0.2, 0.25) is 0 Å². The number of aromatic nitrogens is 1. The van der Waals surface area contributed by atoms with E-state index in [0.29, 0.717) is 16.8 Å². The molecule has 1 aliphatic rings. The van der Waals surface area contributed by atoms with Crippen molar-refractivity contribution >= 4 is 22.6 Å². The van der Waals surface area contributed by atoms with E-state index in [2.05, 4.69) is 20.8 Å². The highest BCUT2D eigenvalue weighted by molar-refractivity contribution is 6.07. The number of amidine groups is 1. The van der Waals surface area contributed by atoms with Crippen molar-refractivity contribution in [1.82, 2.24) is 15.8 Å². The fourth-order valence-corrected chi connectivity index (χ4v) is 2.97. The summed E-state index contributed by atoms with van der Waals surface area (Å²) < 4.78 is 13.2. The summed E-state index contributed by atoms with van der Waals surface area (Å²) in [4.78, 5) is 21.6. The molecule has 130 valence electrons. The van der Waals surface area contributed by atoms with Crippen LogP contribution < -0.4 is 10.9 Å². The molecule has 0 bridgehead atoms. The molecular weight excluding hydrogens is 331 g/mol. The number of rotatable bonds is 2. The highest BCUT2D eigenvalue weighted by Gasteiger charge is 2.15. The Bertz CT molecular complexity index is 998. The number of nitrogens with one attached hydrogen (secondary N) is 2. The highest BCUT2D eigenvalue weighted by Crippen LogP contribution is 2.25. The van der Waals surface area contributed by atoms with Gasteiger partial charge in [-0.05, 0) is 42.8 Å². The lowest BCUT2D eigenvalue weighted by atomic mass is 10.0. The molecule has 26 heavy (non-hydrogen) atoms. The zero-order chi connectivity index (χ0) is 17.9. The van der Waals surface area contributed by atoms with Gasteiger partial charge in [0.2, 0.25) is 0 Å². The number of aliphatic imine (C=N–C) groups is 1. The molecule has 3 aromatic rings. The number of hydrogen-bond acceptors (Lipinski definition) is 4. The minimum absolute atomic E-state index is 0.262. The molecule has 0 radical (unpaired) electrons. The quantitative estimate of drug-likeness (QED) is 0.697. The Morgan fingerprint density at radius 3 is 2.65 bits per heavy atom. The van der Waals surface area contributed by atoms with Gasteiger partial charge in [-0.2, -0.15) is 0 Å². The van der Waals surface area contributed by atoms with Gasteiger partial charge in [0.15, 0.2) is 0 Å². The lowest BCUT2D eigenvalue weighted by Gasteiger charge is -2.12. The van der Waals surface area contributed by atoms with Gasteiger partial charge in [0.1, 0.15) is 11.7 Å². The molecule has 2 heterocycles. The lowest BCUT2D eigenvalue weighted by Crippen LogP contribution is -2.41. The third-order valence-electron chi connectivity index (χ3n) is 4.30. The van der Waals surface area contributed by atoms with E-state index in [-0.39, 0.29) is 11.7 Å². The van der Waals surface area contributed by atoms with Crippen molar-refractivity contribution in [1.29, 1.82) is 0 Å². The van der Waals surface area contributed by atoms with Crippen LogP contribution in [0.15, 0.2) is 59.6 Å². The Morgan fingerprint density at radius 1 is 1.08 bits per heavy atom. The van der Waals surface area contributed by atoms with E-state index in [1.165, 1.54) is 12.1 Å². The average molecular weight is 348 g/mol. The predicted octanol–water partition coefficient (Wildman–Crippen LogP) is 3.47. The first-order chi connectivity index (χ1) is 12.7. The maximum Gasteiger partial charge on any atom is 0.270 e. The number of halogens is 1. The van der Waals surface area contributed by atoms with Crippen LogP contribution in [-0.4, -0.2) is 23.3 Å². The molecule has 6 heteroatoms. The summed E-state index contributed by atoms with van der Waals surface area (Å²) in [5.74, 6) is 0.214. The highest BCUT2D eigenvalue weighted by atomic mass is 19.1. The first-order valence-electron chi connectivity index (χ1n) is 8.46.